The second kappa shape index (κ2) is 8.73. The van der Waals surface area contributed by atoms with Gasteiger partial charge in [-0.15, -0.1) is 0 Å². The van der Waals surface area contributed by atoms with Crippen LogP contribution in [0.25, 0.3) is 0 Å². The van der Waals surface area contributed by atoms with Gasteiger partial charge in [-0.25, -0.2) is 0 Å². The van der Waals surface area contributed by atoms with Crippen molar-refractivity contribution in [3.63, 3.8) is 0 Å². The van der Waals surface area contributed by atoms with E-state index in [1.54, 1.807) is 13.3 Å². The Morgan fingerprint density at radius 2 is 2.27 bits per heavy atom. The molecule has 0 aromatic carbocycles. The number of nitrogens with one attached hydrogen (secondary N) is 2. The lowest BCUT2D eigenvalue weighted by atomic mass is 9.67. The van der Waals surface area contributed by atoms with Crippen LogP contribution in [0.3, 0.4) is 0 Å². The van der Waals surface area contributed by atoms with Gasteiger partial charge in [-0.2, -0.15) is 0 Å². The Bertz CT molecular complexity index is 457. The molecule has 0 radical (unpaired) electrons. The largest absolute Gasteiger partial charge is 0.385 e. The molecule has 1 aliphatic rings. The zero-order chi connectivity index (χ0) is 15.7. The maximum Gasteiger partial charge on any atom is 0.191 e. The molecule has 0 saturated heterocycles. The molecule has 0 spiro atoms. The molecule has 22 heavy (non-hydrogen) atoms. The van der Waals surface area contributed by atoms with Crippen molar-refractivity contribution in [2.45, 2.75) is 32.1 Å². The van der Waals surface area contributed by atoms with Crippen LogP contribution in [-0.4, -0.2) is 44.8 Å². The van der Waals surface area contributed by atoms with Crippen LogP contribution >= 0.6 is 0 Å². The Kier molecular flexibility index (Phi) is 6.65. The molecule has 5 nitrogen and oxygen atoms in total. The third-order valence-electron chi connectivity index (χ3n) is 4.53. The summed E-state index contributed by atoms with van der Waals surface area (Å²) in [4.78, 5) is 8.44. The first-order valence-corrected chi connectivity index (χ1v) is 8.10. The van der Waals surface area contributed by atoms with Crippen molar-refractivity contribution in [3.05, 3.63) is 30.1 Å². The van der Waals surface area contributed by atoms with E-state index in [4.69, 9.17) is 4.74 Å². The fourth-order valence-corrected chi connectivity index (χ4v) is 2.87. The number of nitrogens with zero attached hydrogens (tertiary/aromatic N) is 2. The van der Waals surface area contributed by atoms with Gasteiger partial charge in [-0.3, -0.25) is 9.98 Å². The number of hydrogen-bond acceptors (Lipinski definition) is 3. The Morgan fingerprint density at radius 1 is 1.41 bits per heavy atom. The van der Waals surface area contributed by atoms with Gasteiger partial charge in [-0.05, 0) is 42.7 Å². The highest BCUT2D eigenvalue weighted by Gasteiger charge is 2.36. The second-order valence-electron chi connectivity index (χ2n) is 6.06. The van der Waals surface area contributed by atoms with Gasteiger partial charge in [0.15, 0.2) is 5.96 Å². The fraction of sp³-hybridized carbons (Fsp3) is 0.647. The average molecular weight is 304 g/mol. The van der Waals surface area contributed by atoms with E-state index < -0.39 is 0 Å². The number of guanidine groups is 1. The Balaban J connectivity index is 1.71. The van der Waals surface area contributed by atoms with Gasteiger partial charge in [0.2, 0.25) is 0 Å². The first-order chi connectivity index (χ1) is 10.8. The third-order valence-corrected chi connectivity index (χ3v) is 4.53. The van der Waals surface area contributed by atoms with E-state index in [1.165, 1.54) is 24.8 Å². The predicted molar refractivity (Wildman–Crippen MR) is 90.1 cm³/mol. The number of methoxy groups -OCH3 is 1. The zero-order valence-electron chi connectivity index (χ0n) is 13.8. The van der Waals surface area contributed by atoms with Crippen molar-refractivity contribution in [2.75, 3.05) is 33.9 Å². The minimum atomic E-state index is 0.400. The minimum absolute atomic E-state index is 0.400. The quantitative estimate of drug-likeness (QED) is 0.570. The SMILES string of the molecule is CN=C(NCCc1cccnc1)NCC1(CCOC)CCC1. The summed E-state index contributed by atoms with van der Waals surface area (Å²) in [7, 11) is 3.60. The van der Waals surface area contributed by atoms with E-state index >= 15 is 0 Å². The molecule has 2 rings (SSSR count). The Hall–Kier alpha value is -1.62. The van der Waals surface area contributed by atoms with Crippen molar-refractivity contribution in [2.24, 2.45) is 10.4 Å². The minimum Gasteiger partial charge on any atom is -0.385 e. The van der Waals surface area contributed by atoms with E-state index in [9.17, 15) is 0 Å². The summed E-state index contributed by atoms with van der Waals surface area (Å²) < 4.78 is 5.24. The highest BCUT2D eigenvalue weighted by atomic mass is 16.5. The van der Waals surface area contributed by atoms with Gasteiger partial charge in [0.05, 0.1) is 0 Å². The number of hydrogen-bond donors (Lipinski definition) is 2. The Morgan fingerprint density at radius 3 is 2.86 bits per heavy atom. The number of rotatable bonds is 8. The lowest BCUT2D eigenvalue weighted by Gasteiger charge is -2.42. The average Bonchev–Trinajstić information content (AvgIpc) is 2.52. The predicted octanol–water partition coefficient (Wildman–Crippen LogP) is 2.00. The van der Waals surface area contributed by atoms with Crippen LogP contribution in [0.4, 0.5) is 0 Å². The van der Waals surface area contributed by atoms with E-state index in [0.29, 0.717) is 5.41 Å². The molecule has 1 aliphatic carbocycles. The second-order valence-corrected chi connectivity index (χ2v) is 6.06. The summed E-state index contributed by atoms with van der Waals surface area (Å²) in [6.45, 7) is 2.67. The molecule has 2 N–H and O–H groups in total. The summed E-state index contributed by atoms with van der Waals surface area (Å²) in [5.74, 6) is 0.882. The summed E-state index contributed by atoms with van der Waals surface area (Å²) >= 11 is 0. The van der Waals surface area contributed by atoms with Gasteiger partial charge in [0.1, 0.15) is 0 Å². The van der Waals surface area contributed by atoms with Crippen LogP contribution in [-0.2, 0) is 11.2 Å². The lowest BCUT2D eigenvalue weighted by Crippen LogP contribution is -2.47. The highest BCUT2D eigenvalue weighted by molar-refractivity contribution is 5.79. The van der Waals surface area contributed by atoms with Crippen molar-refractivity contribution in [1.82, 2.24) is 15.6 Å². The van der Waals surface area contributed by atoms with Crippen molar-refractivity contribution >= 4 is 5.96 Å². The normalized spacial score (nSPS) is 16.9. The van der Waals surface area contributed by atoms with Crippen LogP contribution in [0.15, 0.2) is 29.5 Å². The molecule has 1 aromatic heterocycles. The van der Waals surface area contributed by atoms with Gasteiger partial charge in [0.25, 0.3) is 0 Å². The monoisotopic (exact) mass is 304 g/mol. The van der Waals surface area contributed by atoms with E-state index in [-0.39, 0.29) is 0 Å². The van der Waals surface area contributed by atoms with Gasteiger partial charge < -0.3 is 15.4 Å². The van der Waals surface area contributed by atoms with Crippen molar-refractivity contribution < 1.29 is 4.74 Å². The summed E-state index contributed by atoms with van der Waals surface area (Å²) in [6, 6.07) is 4.07. The molecule has 0 amide bonds. The summed E-state index contributed by atoms with van der Waals surface area (Å²) in [5.41, 5.74) is 1.64. The van der Waals surface area contributed by atoms with Gasteiger partial charge in [0, 0.05) is 46.2 Å². The van der Waals surface area contributed by atoms with Crippen molar-refractivity contribution in [3.8, 4) is 0 Å². The van der Waals surface area contributed by atoms with Gasteiger partial charge in [-0.1, -0.05) is 12.5 Å². The molecule has 0 bridgehead atoms. The molecule has 1 heterocycles. The van der Waals surface area contributed by atoms with Crippen molar-refractivity contribution in [1.29, 1.82) is 0 Å². The molecule has 5 heteroatoms. The molecular weight excluding hydrogens is 276 g/mol. The van der Waals surface area contributed by atoms with Crippen LogP contribution in [0.2, 0.25) is 0 Å². The van der Waals surface area contributed by atoms with Crippen LogP contribution in [0.5, 0.6) is 0 Å². The number of aliphatic imine (C=N–C) groups is 1. The van der Waals surface area contributed by atoms with E-state index in [0.717, 1.165) is 38.5 Å². The number of aromatic nitrogens is 1. The molecule has 1 aromatic rings. The maximum absolute atomic E-state index is 5.24. The standard InChI is InChI=1S/C17H28N4O/c1-18-16(20-11-6-15-5-3-10-19-13-15)21-14-17(7-4-8-17)9-12-22-2/h3,5,10,13H,4,6-9,11-12,14H2,1-2H3,(H2,18,20,21). The maximum atomic E-state index is 5.24. The fourth-order valence-electron chi connectivity index (χ4n) is 2.87. The zero-order valence-corrected chi connectivity index (χ0v) is 13.8. The first kappa shape index (κ1) is 16.7. The molecule has 0 aliphatic heterocycles. The van der Waals surface area contributed by atoms with Crippen LogP contribution < -0.4 is 10.6 Å². The van der Waals surface area contributed by atoms with Crippen LogP contribution in [0, 0.1) is 5.41 Å². The summed E-state index contributed by atoms with van der Waals surface area (Å²) in [5, 5.41) is 6.85. The topological polar surface area (TPSA) is 58.5 Å². The van der Waals surface area contributed by atoms with E-state index in [2.05, 4.69) is 26.7 Å². The highest BCUT2D eigenvalue weighted by Crippen LogP contribution is 2.43. The smallest absolute Gasteiger partial charge is 0.191 e. The van der Waals surface area contributed by atoms with Crippen LogP contribution in [0.1, 0.15) is 31.2 Å². The molecule has 1 saturated carbocycles. The Labute approximate surface area is 133 Å². The summed E-state index contributed by atoms with van der Waals surface area (Å²) in [6.07, 6.45) is 9.69. The number of pyridine rings is 1. The third kappa shape index (κ3) is 4.98. The van der Waals surface area contributed by atoms with Gasteiger partial charge >= 0.3 is 0 Å². The van der Waals surface area contributed by atoms with E-state index in [1.807, 2.05) is 19.3 Å². The molecule has 0 unspecified atom stereocenters. The first-order valence-electron chi connectivity index (χ1n) is 8.10. The number of ether oxygens (including phenoxy) is 1. The molecular formula is C17H28N4O. The lowest BCUT2D eigenvalue weighted by molar-refractivity contribution is 0.0732. The molecule has 1 fully saturated rings. The molecule has 122 valence electrons. The molecule has 0 atom stereocenters.